The van der Waals surface area contributed by atoms with Gasteiger partial charge in [0.05, 0.1) is 0 Å². The summed E-state index contributed by atoms with van der Waals surface area (Å²) in [6, 6.07) is 10.8. The number of hydrogen-bond donors (Lipinski definition) is 1. The van der Waals surface area contributed by atoms with Gasteiger partial charge in [0.15, 0.2) is 0 Å². The average Bonchev–Trinajstić information content (AvgIpc) is 2.45. The Labute approximate surface area is 144 Å². The van der Waals surface area contributed by atoms with Gasteiger partial charge in [0, 0.05) is 10.9 Å². The highest BCUT2D eigenvalue weighted by Gasteiger charge is 2.21. The van der Waals surface area contributed by atoms with Gasteiger partial charge in [-0.25, -0.2) is 0 Å². The molecule has 0 aliphatic carbocycles. The Morgan fingerprint density at radius 3 is 2.39 bits per heavy atom. The predicted molar refractivity (Wildman–Crippen MR) is 108 cm³/mol. The zero-order valence-corrected chi connectivity index (χ0v) is 17.0. The Bertz CT molecular complexity index is 700. The summed E-state index contributed by atoms with van der Waals surface area (Å²) in [4.78, 5) is 0. The van der Waals surface area contributed by atoms with Crippen molar-refractivity contribution >= 4 is 27.8 Å². The van der Waals surface area contributed by atoms with Gasteiger partial charge in [0.1, 0.15) is 5.75 Å². The topological polar surface area (TPSA) is 20.2 Å². The molecule has 0 spiro atoms. The van der Waals surface area contributed by atoms with E-state index in [0.717, 1.165) is 25.6 Å². The first-order valence-electron chi connectivity index (χ1n) is 8.08. The molecule has 2 aromatic carbocycles. The second-order valence-corrected chi connectivity index (χ2v) is 9.57. The normalized spacial score (nSPS) is 12.8. The minimum atomic E-state index is -0.0469. The molecule has 0 fully saturated rings. The van der Waals surface area contributed by atoms with Gasteiger partial charge in [-0.1, -0.05) is 53.6 Å². The van der Waals surface area contributed by atoms with E-state index in [4.69, 9.17) is 0 Å². The van der Waals surface area contributed by atoms with Crippen LogP contribution in [0.3, 0.4) is 0 Å². The standard InChI is InChI=1S/C20H28OP2/c1-13-10-16(20(3,4)5)18(21)17(11-13)23-19-14(2)8-7-9-15(19)12-22-6/h7-11,21-23H,12H2,1-6H3. The van der Waals surface area contributed by atoms with Crippen LogP contribution in [-0.2, 0) is 11.6 Å². The lowest BCUT2D eigenvalue weighted by Crippen LogP contribution is -2.17. The van der Waals surface area contributed by atoms with Crippen LogP contribution in [0.15, 0.2) is 30.3 Å². The summed E-state index contributed by atoms with van der Waals surface area (Å²) < 4.78 is 0. The van der Waals surface area contributed by atoms with Crippen LogP contribution < -0.4 is 10.6 Å². The Balaban J connectivity index is 2.52. The van der Waals surface area contributed by atoms with E-state index in [1.165, 1.54) is 22.0 Å². The number of rotatable bonds is 4. The van der Waals surface area contributed by atoms with E-state index in [0.29, 0.717) is 14.3 Å². The smallest absolute Gasteiger partial charge is 0.127 e. The van der Waals surface area contributed by atoms with Gasteiger partial charge in [-0.15, -0.1) is 8.58 Å². The van der Waals surface area contributed by atoms with E-state index in [1.807, 2.05) is 0 Å². The van der Waals surface area contributed by atoms with E-state index >= 15 is 0 Å². The molecular formula is C20H28OP2. The molecule has 0 aromatic heterocycles. The van der Waals surface area contributed by atoms with Crippen molar-refractivity contribution in [3.8, 4) is 5.75 Å². The number of phenols is 1. The lowest BCUT2D eigenvalue weighted by atomic mass is 9.85. The molecule has 2 atom stereocenters. The van der Waals surface area contributed by atoms with Gasteiger partial charge in [0.25, 0.3) is 0 Å². The van der Waals surface area contributed by atoms with Crippen LogP contribution in [0, 0.1) is 13.8 Å². The van der Waals surface area contributed by atoms with Crippen molar-refractivity contribution in [3.63, 3.8) is 0 Å². The molecule has 1 N–H and O–H groups in total. The maximum atomic E-state index is 10.8. The van der Waals surface area contributed by atoms with Crippen molar-refractivity contribution in [1.82, 2.24) is 0 Å². The number of hydrogen-bond acceptors (Lipinski definition) is 1. The second-order valence-electron chi connectivity index (χ2n) is 7.22. The summed E-state index contributed by atoms with van der Waals surface area (Å²) in [6.07, 6.45) is 1.13. The van der Waals surface area contributed by atoms with Gasteiger partial charge in [-0.05, 0) is 60.2 Å². The minimum Gasteiger partial charge on any atom is -0.507 e. The van der Waals surface area contributed by atoms with E-state index < -0.39 is 0 Å². The molecule has 3 heteroatoms. The fourth-order valence-electron chi connectivity index (χ4n) is 2.83. The van der Waals surface area contributed by atoms with E-state index in [9.17, 15) is 5.11 Å². The third kappa shape index (κ3) is 4.34. The first-order valence-corrected chi connectivity index (χ1v) is 10.8. The van der Waals surface area contributed by atoms with E-state index in [-0.39, 0.29) is 5.41 Å². The summed E-state index contributed by atoms with van der Waals surface area (Å²) in [7, 11) is 1.42. The number of aryl methyl sites for hydroxylation is 2. The number of phenolic OH excluding ortho intramolecular Hbond substituents is 1. The molecule has 23 heavy (non-hydrogen) atoms. The van der Waals surface area contributed by atoms with Crippen LogP contribution >= 0.6 is 17.2 Å². The Kier molecular flexibility index (Phi) is 5.88. The average molecular weight is 346 g/mol. The largest absolute Gasteiger partial charge is 0.507 e. The van der Waals surface area contributed by atoms with Crippen molar-refractivity contribution in [3.05, 3.63) is 52.6 Å². The molecule has 0 saturated carbocycles. The van der Waals surface area contributed by atoms with E-state index in [1.54, 1.807) is 0 Å². The summed E-state index contributed by atoms with van der Waals surface area (Å²) in [5.74, 6) is 0.481. The van der Waals surface area contributed by atoms with E-state index in [2.05, 4.69) is 71.6 Å². The zero-order chi connectivity index (χ0) is 17.2. The van der Waals surface area contributed by atoms with Crippen molar-refractivity contribution in [2.75, 3.05) is 6.66 Å². The molecule has 0 aliphatic heterocycles. The predicted octanol–water partition coefficient (Wildman–Crippen LogP) is 4.74. The highest BCUT2D eigenvalue weighted by molar-refractivity contribution is 7.56. The SMILES string of the molecule is CPCc1cccc(C)c1Pc1cc(C)cc(C(C)(C)C)c1O. The van der Waals surface area contributed by atoms with Crippen LogP contribution in [0.1, 0.15) is 43.0 Å². The molecule has 0 amide bonds. The molecule has 2 unspecified atom stereocenters. The number of benzene rings is 2. The third-order valence-corrected chi connectivity index (χ3v) is 6.40. The number of aromatic hydroxyl groups is 1. The van der Waals surface area contributed by atoms with Gasteiger partial charge in [0.2, 0.25) is 0 Å². The Morgan fingerprint density at radius 2 is 1.78 bits per heavy atom. The van der Waals surface area contributed by atoms with Crippen molar-refractivity contribution in [1.29, 1.82) is 0 Å². The van der Waals surface area contributed by atoms with Crippen LogP contribution in [0.2, 0.25) is 0 Å². The molecule has 0 heterocycles. The van der Waals surface area contributed by atoms with Crippen LogP contribution in [-0.4, -0.2) is 11.8 Å². The van der Waals surface area contributed by atoms with Crippen molar-refractivity contribution in [2.24, 2.45) is 0 Å². The maximum Gasteiger partial charge on any atom is 0.127 e. The van der Waals surface area contributed by atoms with Crippen LogP contribution in [0.25, 0.3) is 0 Å². The third-order valence-electron chi connectivity index (χ3n) is 4.05. The molecule has 0 saturated heterocycles. The minimum absolute atomic E-state index is 0.0469. The van der Waals surface area contributed by atoms with Crippen LogP contribution in [0.5, 0.6) is 5.75 Å². The van der Waals surface area contributed by atoms with Crippen molar-refractivity contribution < 1.29 is 5.11 Å². The fourth-order valence-corrected chi connectivity index (χ4v) is 5.11. The quantitative estimate of drug-likeness (QED) is 0.793. The molecule has 1 nitrogen and oxygen atoms in total. The first kappa shape index (κ1) is 18.4. The lowest BCUT2D eigenvalue weighted by molar-refractivity contribution is 0.450. The summed E-state index contributed by atoms with van der Waals surface area (Å²) >= 11 is 0. The fraction of sp³-hybridized carbons (Fsp3) is 0.400. The zero-order valence-electron chi connectivity index (χ0n) is 15.0. The lowest BCUT2D eigenvalue weighted by Gasteiger charge is -2.23. The molecule has 2 aromatic rings. The Morgan fingerprint density at radius 1 is 1.09 bits per heavy atom. The van der Waals surface area contributed by atoms with Gasteiger partial charge >= 0.3 is 0 Å². The molecule has 0 radical (unpaired) electrons. The van der Waals surface area contributed by atoms with Crippen molar-refractivity contribution in [2.45, 2.75) is 46.2 Å². The summed E-state index contributed by atoms with van der Waals surface area (Å²) in [6.45, 7) is 13.0. The Hall–Kier alpha value is -0.900. The highest BCUT2D eigenvalue weighted by atomic mass is 31.1. The van der Waals surface area contributed by atoms with Gasteiger partial charge in [-0.2, -0.15) is 0 Å². The monoisotopic (exact) mass is 346 g/mol. The molecule has 2 rings (SSSR count). The molecular weight excluding hydrogens is 318 g/mol. The van der Waals surface area contributed by atoms with Gasteiger partial charge in [-0.3, -0.25) is 0 Å². The van der Waals surface area contributed by atoms with Gasteiger partial charge < -0.3 is 5.11 Å². The second kappa shape index (κ2) is 7.33. The summed E-state index contributed by atoms with van der Waals surface area (Å²) in [5.41, 5.74) is 4.99. The maximum absolute atomic E-state index is 10.8. The van der Waals surface area contributed by atoms with Crippen LogP contribution in [0.4, 0.5) is 0 Å². The molecule has 124 valence electrons. The highest BCUT2D eigenvalue weighted by Crippen LogP contribution is 2.34. The summed E-state index contributed by atoms with van der Waals surface area (Å²) in [5, 5.41) is 13.3. The first-order chi connectivity index (χ1) is 10.7. The molecule has 0 aliphatic rings. The molecule has 0 bridgehead atoms.